The summed E-state index contributed by atoms with van der Waals surface area (Å²) >= 11 is 1.96. The molecule has 0 aromatic heterocycles. The Kier molecular flexibility index (Phi) is 6.45. The maximum absolute atomic E-state index is 12.7. The van der Waals surface area contributed by atoms with Crippen molar-refractivity contribution >= 4 is 23.6 Å². The first-order valence-corrected chi connectivity index (χ1v) is 11.8. The zero-order chi connectivity index (χ0) is 19.3. The number of carbonyl (C=O) groups is 1. The third-order valence-corrected chi connectivity index (χ3v) is 7.25. The number of aliphatic imine (C=N–C) groups is 1. The average Bonchev–Trinajstić information content (AvgIpc) is 3.54. The number of nitrogens with zero attached hydrogens (tertiary/aromatic N) is 2. The number of benzene rings is 1. The molecule has 28 heavy (non-hydrogen) atoms. The molecule has 2 atom stereocenters. The number of amides is 1. The number of thioether (sulfide) groups is 1. The molecular formula is C22H32N4OS. The topological polar surface area (TPSA) is 56.7 Å². The van der Waals surface area contributed by atoms with Crippen molar-refractivity contribution in [1.29, 1.82) is 0 Å². The van der Waals surface area contributed by atoms with E-state index in [0.717, 1.165) is 56.2 Å². The third-order valence-electron chi connectivity index (χ3n) is 6.30. The summed E-state index contributed by atoms with van der Waals surface area (Å²) in [6.07, 6.45) is 5.25. The Hall–Kier alpha value is -1.69. The van der Waals surface area contributed by atoms with Crippen molar-refractivity contribution in [3.63, 3.8) is 0 Å². The zero-order valence-electron chi connectivity index (χ0n) is 16.8. The fraction of sp³-hybridized carbons (Fsp3) is 0.636. The third kappa shape index (κ3) is 4.83. The van der Waals surface area contributed by atoms with Gasteiger partial charge in [0.1, 0.15) is 0 Å². The van der Waals surface area contributed by atoms with E-state index < -0.39 is 0 Å². The quantitative estimate of drug-likeness (QED) is 0.603. The molecule has 152 valence electrons. The summed E-state index contributed by atoms with van der Waals surface area (Å²) in [6, 6.07) is 11.6. The zero-order valence-corrected chi connectivity index (χ0v) is 17.6. The minimum Gasteiger partial charge on any atom is -0.354 e. The summed E-state index contributed by atoms with van der Waals surface area (Å²) in [6.45, 7) is 1.87. The van der Waals surface area contributed by atoms with Gasteiger partial charge in [-0.05, 0) is 37.7 Å². The van der Waals surface area contributed by atoms with E-state index in [1.807, 2.05) is 18.8 Å². The minimum absolute atomic E-state index is 0.224. The van der Waals surface area contributed by atoms with Crippen LogP contribution in [0.2, 0.25) is 0 Å². The van der Waals surface area contributed by atoms with Gasteiger partial charge in [0.2, 0.25) is 5.91 Å². The molecule has 3 aliphatic rings. The van der Waals surface area contributed by atoms with Crippen molar-refractivity contribution < 1.29 is 4.79 Å². The Morgan fingerprint density at radius 2 is 1.79 bits per heavy atom. The fourth-order valence-electron chi connectivity index (χ4n) is 4.49. The molecule has 5 nitrogen and oxygen atoms in total. The van der Waals surface area contributed by atoms with E-state index in [4.69, 9.17) is 0 Å². The van der Waals surface area contributed by atoms with Crippen LogP contribution in [0.25, 0.3) is 0 Å². The second-order valence-electron chi connectivity index (χ2n) is 8.21. The highest BCUT2D eigenvalue weighted by molar-refractivity contribution is 7.99. The summed E-state index contributed by atoms with van der Waals surface area (Å²) in [5, 5.41) is 7.18. The summed E-state index contributed by atoms with van der Waals surface area (Å²) in [4.78, 5) is 19.2. The summed E-state index contributed by atoms with van der Waals surface area (Å²) in [5.41, 5.74) is 1.41. The Bertz CT molecular complexity index is 681. The SMILES string of the molecule is CN=C(NC1CCC(C(=O)N2CCSCC2)CC1)NC1CC1c1ccccc1. The smallest absolute Gasteiger partial charge is 0.225 e. The summed E-state index contributed by atoms with van der Waals surface area (Å²) in [5.74, 6) is 4.31. The van der Waals surface area contributed by atoms with E-state index in [9.17, 15) is 4.79 Å². The number of guanidine groups is 1. The molecule has 4 rings (SSSR count). The van der Waals surface area contributed by atoms with E-state index >= 15 is 0 Å². The van der Waals surface area contributed by atoms with Gasteiger partial charge in [0, 0.05) is 55.6 Å². The number of rotatable bonds is 4. The van der Waals surface area contributed by atoms with Gasteiger partial charge in [0.25, 0.3) is 0 Å². The largest absolute Gasteiger partial charge is 0.354 e. The lowest BCUT2D eigenvalue weighted by Gasteiger charge is -2.34. The fourth-order valence-corrected chi connectivity index (χ4v) is 5.39. The molecule has 2 N–H and O–H groups in total. The maximum atomic E-state index is 12.7. The standard InChI is InChI=1S/C22H32N4OS/c1-23-22(25-20-15-19(20)16-5-3-2-4-6-16)24-18-9-7-17(8-10-18)21(27)26-11-13-28-14-12-26/h2-6,17-20H,7-15H2,1H3,(H2,23,24,25). The maximum Gasteiger partial charge on any atom is 0.225 e. The van der Waals surface area contributed by atoms with Crippen LogP contribution >= 0.6 is 11.8 Å². The van der Waals surface area contributed by atoms with Gasteiger partial charge in [0.15, 0.2) is 5.96 Å². The Morgan fingerprint density at radius 3 is 2.46 bits per heavy atom. The van der Waals surface area contributed by atoms with E-state index in [1.165, 1.54) is 12.0 Å². The van der Waals surface area contributed by atoms with Crippen molar-refractivity contribution in [1.82, 2.24) is 15.5 Å². The van der Waals surface area contributed by atoms with Crippen LogP contribution in [0.3, 0.4) is 0 Å². The average molecular weight is 401 g/mol. The molecule has 2 unspecified atom stereocenters. The molecular weight excluding hydrogens is 368 g/mol. The van der Waals surface area contributed by atoms with Gasteiger partial charge in [-0.3, -0.25) is 9.79 Å². The van der Waals surface area contributed by atoms with Crippen LogP contribution in [0.5, 0.6) is 0 Å². The first-order chi connectivity index (χ1) is 13.7. The van der Waals surface area contributed by atoms with E-state index in [0.29, 0.717) is 23.9 Å². The lowest BCUT2D eigenvalue weighted by molar-refractivity contribution is -0.136. The van der Waals surface area contributed by atoms with E-state index in [-0.39, 0.29) is 5.92 Å². The highest BCUT2D eigenvalue weighted by atomic mass is 32.2. The van der Waals surface area contributed by atoms with Gasteiger partial charge in [-0.1, -0.05) is 30.3 Å². The molecule has 0 bridgehead atoms. The monoisotopic (exact) mass is 400 g/mol. The molecule has 1 heterocycles. The summed E-state index contributed by atoms with van der Waals surface area (Å²) < 4.78 is 0. The lowest BCUT2D eigenvalue weighted by atomic mass is 9.85. The highest BCUT2D eigenvalue weighted by Gasteiger charge is 2.39. The second kappa shape index (κ2) is 9.21. The van der Waals surface area contributed by atoms with Crippen LogP contribution in [0.1, 0.15) is 43.6 Å². The van der Waals surface area contributed by atoms with Gasteiger partial charge in [-0.2, -0.15) is 11.8 Å². The molecule has 0 radical (unpaired) electrons. The molecule has 0 spiro atoms. The van der Waals surface area contributed by atoms with Gasteiger partial charge >= 0.3 is 0 Å². The lowest BCUT2D eigenvalue weighted by Crippen LogP contribution is -2.47. The molecule has 1 aromatic rings. The molecule has 1 aliphatic heterocycles. The Morgan fingerprint density at radius 1 is 1.07 bits per heavy atom. The predicted octanol–water partition coefficient (Wildman–Crippen LogP) is 2.84. The predicted molar refractivity (Wildman–Crippen MR) is 117 cm³/mol. The van der Waals surface area contributed by atoms with Gasteiger partial charge in [0.05, 0.1) is 0 Å². The number of nitrogens with one attached hydrogen (secondary N) is 2. The molecule has 1 saturated heterocycles. The van der Waals surface area contributed by atoms with Crippen LogP contribution in [0.15, 0.2) is 35.3 Å². The van der Waals surface area contributed by atoms with Crippen molar-refractivity contribution in [2.75, 3.05) is 31.6 Å². The van der Waals surface area contributed by atoms with Crippen LogP contribution in [-0.4, -0.2) is 60.5 Å². The Labute approximate surface area is 172 Å². The molecule has 1 amide bonds. The molecule has 2 aliphatic carbocycles. The van der Waals surface area contributed by atoms with Crippen molar-refractivity contribution in [3.8, 4) is 0 Å². The van der Waals surface area contributed by atoms with Crippen LogP contribution in [0.4, 0.5) is 0 Å². The molecule has 3 fully saturated rings. The normalized spacial score (nSPS) is 30.6. The van der Waals surface area contributed by atoms with Crippen LogP contribution < -0.4 is 10.6 Å². The van der Waals surface area contributed by atoms with Gasteiger partial charge < -0.3 is 15.5 Å². The molecule has 6 heteroatoms. The Balaban J connectivity index is 1.21. The van der Waals surface area contributed by atoms with Crippen LogP contribution in [0, 0.1) is 5.92 Å². The molecule has 1 aromatic carbocycles. The van der Waals surface area contributed by atoms with E-state index in [2.05, 4.69) is 50.9 Å². The highest BCUT2D eigenvalue weighted by Crippen LogP contribution is 2.40. The number of carbonyl (C=O) groups excluding carboxylic acids is 1. The van der Waals surface area contributed by atoms with Gasteiger partial charge in [-0.15, -0.1) is 0 Å². The number of hydrogen-bond acceptors (Lipinski definition) is 3. The first kappa shape index (κ1) is 19.6. The van der Waals surface area contributed by atoms with Crippen molar-refractivity contribution in [3.05, 3.63) is 35.9 Å². The van der Waals surface area contributed by atoms with Crippen molar-refractivity contribution in [2.45, 2.75) is 50.1 Å². The summed E-state index contributed by atoms with van der Waals surface area (Å²) in [7, 11) is 1.85. The van der Waals surface area contributed by atoms with Crippen molar-refractivity contribution in [2.24, 2.45) is 10.9 Å². The first-order valence-electron chi connectivity index (χ1n) is 10.7. The molecule has 2 saturated carbocycles. The van der Waals surface area contributed by atoms with E-state index in [1.54, 1.807) is 0 Å². The number of hydrogen-bond donors (Lipinski definition) is 2. The van der Waals surface area contributed by atoms with Gasteiger partial charge in [-0.25, -0.2) is 0 Å². The van der Waals surface area contributed by atoms with Crippen LogP contribution in [-0.2, 0) is 4.79 Å². The second-order valence-corrected chi connectivity index (χ2v) is 9.43. The minimum atomic E-state index is 0.224.